The van der Waals surface area contributed by atoms with Crippen molar-refractivity contribution in [2.24, 2.45) is 0 Å². The van der Waals surface area contributed by atoms with E-state index >= 15 is 0 Å². The Balaban J connectivity index is 0.000000515. The van der Waals surface area contributed by atoms with Crippen molar-refractivity contribution in [3.05, 3.63) is 30.1 Å². The Morgan fingerprint density at radius 1 is 1.09 bits per heavy atom. The molecule has 0 radical (unpaired) electrons. The molecular weight excluding hydrogens is 331 g/mol. The molecule has 0 aromatic carbocycles. The second kappa shape index (κ2) is 10.6. The van der Waals surface area contributed by atoms with E-state index in [9.17, 15) is 13.2 Å². The largest absolute Gasteiger partial charge is 0.741 e. The average Bonchev–Trinajstić information content (AvgIpc) is 2.43. The summed E-state index contributed by atoms with van der Waals surface area (Å²) in [4.78, 5) is 0. The summed E-state index contributed by atoms with van der Waals surface area (Å²) in [7, 11) is -6.09. The first-order chi connectivity index (χ1) is 10.6. The number of hydrogen-bond acceptors (Lipinski definition) is 3. The van der Waals surface area contributed by atoms with Gasteiger partial charge >= 0.3 is 5.51 Å². The van der Waals surface area contributed by atoms with Crippen LogP contribution in [0.4, 0.5) is 13.2 Å². The highest BCUT2D eigenvalue weighted by Gasteiger charge is 2.36. The maximum absolute atomic E-state index is 10.7. The highest BCUT2D eigenvalue weighted by molar-refractivity contribution is 7.86. The van der Waals surface area contributed by atoms with E-state index in [1.54, 1.807) is 0 Å². The molecule has 0 saturated carbocycles. The summed E-state index contributed by atoms with van der Waals surface area (Å²) in [6.07, 6.45) is 10.4. The van der Waals surface area contributed by atoms with Crippen LogP contribution < -0.4 is 4.57 Å². The van der Waals surface area contributed by atoms with Crippen LogP contribution in [0, 0.1) is 6.92 Å². The summed E-state index contributed by atoms with van der Waals surface area (Å²) in [5.74, 6) is 0. The molecule has 134 valence electrons. The molecule has 0 aliphatic rings. The molecule has 0 atom stereocenters. The first-order valence-corrected chi connectivity index (χ1v) is 8.97. The van der Waals surface area contributed by atoms with Crippen LogP contribution >= 0.6 is 0 Å². The zero-order chi connectivity index (χ0) is 17.9. The Labute approximate surface area is 136 Å². The third-order valence-electron chi connectivity index (χ3n) is 3.20. The van der Waals surface area contributed by atoms with E-state index < -0.39 is 15.6 Å². The lowest BCUT2D eigenvalue weighted by atomic mass is 10.1. The smallest absolute Gasteiger partial charge is 0.485 e. The first kappa shape index (κ1) is 21.9. The Morgan fingerprint density at radius 2 is 1.61 bits per heavy atom. The van der Waals surface area contributed by atoms with Crippen LogP contribution in [0.3, 0.4) is 0 Å². The molecule has 0 amide bonds. The van der Waals surface area contributed by atoms with Gasteiger partial charge in [0.25, 0.3) is 0 Å². The minimum atomic E-state index is -6.09. The number of nitrogens with zero attached hydrogens (tertiary/aromatic N) is 1. The maximum Gasteiger partial charge on any atom is 0.485 e. The molecule has 1 heterocycles. The lowest BCUT2D eigenvalue weighted by molar-refractivity contribution is -0.703. The van der Waals surface area contributed by atoms with Crippen molar-refractivity contribution in [3.63, 3.8) is 0 Å². The second-order valence-electron chi connectivity index (χ2n) is 5.20. The third kappa shape index (κ3) is 10.3. The average molecular weight is 355 g/mol. The Kier molecular flexibility index (Phi) is 10.1. The van der Waals surface area contributed by atoms with Gasteiger partial charge in [-0.3, -0.25) is 0 Å². The van der Waals surface area contributed by atoms with Gasteiger partial charge in [-0.15, -0.1) is 0 Å². The lowest BCUT2D eigenvalue weighted by Gasteiger charge is -2.08. The van der Waals surface area contributed by atoms with Crippen molar-refractivity contribution in [2.45, 2.75) is 64.4 Å². The van der Waals surface area contributed by atoms with Gasteiger partial charge in [0.05, 0.1) is 0 Å². The van der Waals surface area contributed by atoms with Crippen LogP contribution in [0.5, 0.6) is 0 Å². The van der Waals surface area contributed by atoms with Gasteiger partial charge in [-0.05, 0) is 6.42 Å². The number of halogens is 3. The number of pyridine rings is 1. The van der Waals surface area contributed by atoms with E-state index in [4.69, 9.17) is 13.0 Å². The van der Waals surface area contributed by atoms with Crippen LogP contribution in [-0.2, 0) is 16.7 Å². The van der Waals surface area contributed by atoms with Crippen LogP contribution in [0.25, 0.3) is 0 Å². The van der Waals surface area contributed by atoms with Gasteiger partial charge in [0.15, 0.2) is 22.0 Å². The number of aromatic nitrogens is 1. The number of hydrogen-bond donors (Lipinski definition) is 0. The predicted octanol–water partition coefficient (Wildman–Crippen LogP) is 3.69. The molecule has 0 N–H and O–H groups in total. The SMILES string of the molecule is CCCCCCCC[n+]1ccccc1C.O=S(=O)([O-])C(F)(F)F. The zero-order valence-corrected chi connectivity index (χ0v) is 14.3. The maximum atomic E-state index is 10.7. The van der Waals surface area contributed by atoms with Crippen molar-refractivity contribution < 1.29 is 30.7 Å². The van der Waals surface area contributed by atoms with E-state index in [2.05, 4.69) is 42.8 Å². The van der Waals surface area contributed by atoms with Crippen LogP contribution in [0.2, 0.25) is 0 Å². The molecule has 0 spiro atoms. The topological polar surface area (TPSA) is 61.1 Å². The van der Waals surface area contributed by atoms with Gasteiger partial charge in [-0.1, -0.05) is 38.7 Å². The van der Waals surface area contributed by atoms with Gasteiger partial charge in [-0.2, -0.15) is 13.2 Å². The molecule has 0 unspecified atom stereocenters. The first-order valence-electron chi connectivity index (χ1n) is 7.56. The van der Waals surface area contributed by atoms with Crippen LogP contribution in [0.1, 0.15) is 51.1 Å². The highest BCUT2D eigenvalue weighted by Crippen LogP contribution is 2.20. The van der Waals surface area contributed by atoms with Crippen LogP contribution in [0.15, 0.2) is 24.4 Å². The second-order valence-corrected chi connectivity index (χ2v) is 6.57. The molecule has 0 aliphatic heterocycles. The van der Waals surface area contributed by atoms with Crippen LogP contribution in [-0.4, -0.2) is 18.5 Å². The molecular formula is C15H24F3NO3S. The molecule has 1 aromatic rings. The zero-order valence-electron chi connectivity index (χ0n) is 13.5. The predicted molar refractivity (Wildman–Crippen MR) is 80.5 cm³/mol. The molecule has 1 rings (SSSR count). The fraction of sp³-hybridized carbons (Fsp3) is 0.667. The molecule has 8 heteroatoms. The third-order valence-corrected chi connectivity index (χ3v) is 3.77. The van der Waals surface area contributed by atoms with E-state index in [-0.39, 0.29) is 0 Å². The lowest BCUT2D eigenvalue weighted by Crippen LogP contribution is -2.36. The Bertz CT molecular complexity index is 545. The highest BCUT2D eigenvalue weighted by atomic mass is 32.2. The van der Waals surface area contributed by atoms with E-state index in [1.165, 1.54) is 50.8 Å². The number of aryl methyl sites for hydroxylation is 2. The Hall–Kier alpha value is -1.15. The normalized spacial score (nSPS) is 11.7. The van der Waals surface area contributed by atoms with Crippen molar-refractivity contribution in [3.8, 4) is 0 Å². The summed E-state index contributed by atoms with van der Waals surface area (Å²) in [5.41, 5.74) is -4.28. The number of rotatable bonds is 7. The summed E-state index contributed by atoms with van der Waals surface area (Å²) in [6.45, 7) is 5.62. The molecule has 0 saturated heterocycles. The minimum Gasteiger partial charge on any atom is -0.741 e. The quantitative estimate of drug-likeness (QED) is 0.324. The van der Waals surface area contributed by atoms with Gasteiger partial charge in [0.2, 0.25) is 0 Å². The summed E-state index contributed by atoms with van der Waals surface area (Å²) in [5, 5.41) is 0. The van der Waals surface area contributed by atoms with Gasteiger partial charge in [0, 0.05) is 25.5 Å². The van der Waals surface area contributed by atoms with E-state index in [1.807, 2.05) is 0 Å². The van der Waals surface area contributed by atoms with Gasteiger partial charge in [-0.25, -0.2) is 13.0 Å². The van der Waals surface area contributed by atoms with Crippen molar-refractivity contribution >= 4 is 10.1 Å². The molecule has 0 aliphatic carbocycles. The molecule has 1 aromatic heterocycles. The Morgan fingerprint density at radius 3 is 2.09 bits per heavy atom. The minimum absolute atomic E-state index is 1.18. The van der Waals surface area contributed by atoms with E-state index in [0.29, 0.717) is 0 Å². The summed E-state index contributed by atoms with van der Waals surface area (Å²) < 4.78 is 61.2. The molecule has 4 nitrogen and oxygen atoms in total. The molecule has 0 bridgehead atoms. The van der Waals surface area contributed by atoms with Gasteiger partial charge < -0.3 is 4.55 Å². The summed E-state index contributed by atoms with van der Waals surface area (Å²) in [6, 6.07) is 6.40. The van der Waals surface area contributed by atoms with Crippen molar-refractivity contribution in [1.82, 2.24) is 0 Å². The van der Waals surface area contributed by atoms with Gasteiger partial charge in [0.1, 0.15) is 6.54 Å². The van der Waals surface area contributed by atoms with E-state index in [0.717, 1.165) is 0 Å². The fourth-order valence-electron chi connectivity index (χ4n) is 1.88. The summed E-state index contributed by atoms with van der Waals surface area (Å²) >= 11 is 0. The monoisotopic (exact) mass is 355 g/mol. The molecule has 23 heavy (non-hydrogen) atoms. The fourth-order valence-corrected chi connectivity index (χ4v) is 1.88. The molecule has 0 fully saturated rings. The number of alkyl halides is 3. The number of unbranched alkanes of at least 4 members (excludes halogenated alkanes) is 5. The standard InChI is InChI=1S/C14H24N.CHF3O3S/c1-3-4-5-6-7-9-12-15-13-10-8-11-14(15)2;2-1(3,4)8(5,6)7/h8,10-11,13H,3-7,9,12H2,1-2H3;(H,5,6,7)/q+1;/p-1. The van der Waals surface area contributed by atoms with Crippen molar-refractivity contribution in [1.29, 1.82) is 0 Å². The van der Waals surface area contributed by atoms with Crippen molar-refractivity contribution in [2.75, 3.05) is 0 Å².